The van der Waals surface area contributed by atoms with E-state index in [-0.39, 0.29) is 17.4 Å². The topological polar surface area (TPSA) is 81.1 Å². The molecule has 2 N–H and O–H groups in total. The number of benzene rings is 2. The highest BCUT2D eigenvalue weighted by atomic mass is 19.1. The summed E-state index contributed by atoms with van der Waals surface area (Å²) in [5, 5.41) is 5.71. The molecule has 0 saturated carbocycles. The van der Waals surface area contributed by atoms with E-state index in [2.05, 4.69) is 20.6 Å². The van der Waals surface area contributed by atoms with Crippen molar-refractivity contribution < 1.29 is 13.9 Å². The van der Waals surface area contributed by atoms with E-state index >= 15 is 0 Å². The molecule has 0 radical (unpaired) electrons. The second kappa shape index (κ2) is 7.59. The SMILES string of the molecule is CNC(=O)c1cc(Oc2ccc3c(c2)nc(Nc2ccc(F)cc2)n3C)ccn1. The van der Waals surface area contributed by atoms with Gasteiger partial charge in [-0.05, 0) is 42.5 Å². The van der Waals surface area contributed by atoms with Crippen molar-refractivity contribution in [2.75, 3.05) is 12.4 Å². The van der Waals surface area contributed by atoms with Crippen molar-refractivity contribution in [2.45, 2.75) is 0 Å². The third-order valence-corrected chi connectivity index (χ3v) is 4.38. The average Bonchev–Trinajstić information content (AvgIpc) is 3.04. The normalized spacial score (nSPS) is 10.7. The minimum absolute atomic E-state index is 0.273. The van der Waals surface area contributed by atoms with E-state index in [9.17, 15) is 9.18 Å². The zero-order valence-electron chi connectivity index (χ0n) is 15.8. The van der Waals surface area contributed by atoms with Crippen LogP contribution in [-0.4, -0.2) is 27.5 Å². The Morgan fingerprint density at radius 1 is 1.07 bits per heavy atom. The maximum Gasteiger partial charge on any atom is 0.269 e. The third-order valence-electron chi connectivity index (χ3n) is 4.38. The molecule has 2 heterocycles. The van der Waals surface area contributed by atoms with Crippen LogP contribution in [0.4, 0.5) is 16.0 Å². The van der Waals surface area contributed by atoms with Crippen LogP contribution in [-0.2, 0) is 7.05 Å². The zero-order chi connectivity index (χ0) is 20.4. The van der Waals surface area contributed by atoms with Crippen molar-refractivity contribution in [3.8, 4) is 11.5 Å². The Morgan fingerprint density at radius 2 is 1.83 bits per heavy atom. The lowest BCUT2D eigenvalue weighted by Gasteiger charge is -2.07. The Labute approximate surface area is 166 Å². The van der Waals surface area contributed by atoms with Gasteiger partial charge in [-0.25, -0.2) is 9.37 Å². The lowest BCUT2D eigenvalue weighted by atomic mass is 10.3. The van der Waals surface area contributed by atoms with Crippen LogP contribution in [0.1, 0.15) is 10.5 Å². The van der Waals surface area contributed by atoms with Crippen LogP contribution in [0, 0.1) is 5.82 Å². The highest BCUT2D eigenvalue weighted by Crippen LogP contribution is 2.28. The molecule has 7 nitrogen and oxygen atoms in total. The number of carbonyl (C=O) groups is 1. The molecule has 2 aromatic heterocycles. The number of ether oxygens (including phenoxy) is 1. The Hall–Kier alpha value is -3.94. The molecule has 29 heavy (non-hydrogen) atoms. The van der Waals surface area contributed by atoms with Crippen LogP contribution in [0.25, 0.3) is 11.0 Å². The van der Waals surface area contributed by atoms with E-state index in [0.29, 0.717) is 17.4 Å². The quantitative estimate of drug-likeness (QED) is 0.537. The first-order chi connectivity index (χ1) is 14.0. The van der Waals surface area contributed by atoms with Crippen LogP contribution < -0.4 is 15.4 Å². The number of imidazole rings is 1. The number of aryl methyl sites for hydroxylation is 1. The fourth-order valence-electron chi connectivity index (χ4n) is 2.88. The van der Waals surface area contributed by atoms with Crippen LogP contribution in [0.15, 0.2) is 60.8 Å². The van der Waals surface area contributed by atoms with Crippen LogP contribution in [0.5, 0.6) is 11.5 Å². The van der Waals surface area contributed by atoms with Gasteiger partial charge in [0.15, 0.2) is 0 Å². The van der Waals surface area contributed by atoms with Gasteiger partial charge in [0.1, 0.15) is 23.0 Å². The number of rotatable bonds is 5. The summed E-state index contributed by atoms with van der Waals surface area (Å²) in [6, 6.07) is 14.9. The molecular weight excluding hydrogens is 373 g/mol. The van der Waals surface area contributed by atoms with Gasteiger partial charge in [-0.2, -0.15) is 0 Å². The maximum absolute atomic E-state index is 13.1. The molecule has 0 bridgehead atoms. The maximum atomic E-state index is 13.1. The first kappa shape index (κ1) is 18.4. The van der Waals surface area contributed by atoms with Gasteiger partial charge in [0.05, 0.1) is 11.0 Å². The van der Waals surface area contributed by atoms with Crippen LogP contribution >= 0.6 is 0 Å². The number of pyridine rings is 1. The second-order valence-electron chi connectivity index (χ2n) is 6.33. The first-order valence-corrected chi connectivity index (χ1v) is 8.88. The Bertz CT molecular complexity index is 1190. The van der Waals surface area contributed by atoms with Crippen molar-refractivity contribution >= 4 is 28.6 Å². The van der Waals surface area contributed by atoms with Gasteiger partial charge in [0.25, 0.3) is 5.91 Å². The third kappa shape index (κ3) is 3.86. The molecule has 0 aliphatic carbocycles. The lowest BCUT2D eigenvalue weighted by Crippen LogP contribution is -2.18. The molecule has 0 aliphatic rings. The number of nitrogens with one attached hydrogen (secondary N) is 2. The van der Waals surface area contributed by atoms with Crippen molar-refractivity contribution in [3.63, 3.8) is 0 Å². The minimum atomic E-state index is -0.293. The van der Waals surface area contributed by atoms with Crippen molar-refractivity contribution in [1.29, 1.82) is 0 Å². The molecule has 4 aromatic rings. The molecule has 146 valence electrons. The molecule has 0 unspecified atom stereocenters. The highest BCUT2D eigenvalue weighted by molar-refractivity contribution is 5.92. The number of hydrogen-bond donors (Lipinski definition) is 2. The van der Waals surface area contributed by atoms with Gasteiger partial charge < -0.3 is 19.9 Å². The van der Waals surface area contributed by atoms with E-state index in [1.807, 2.05) is 29.8 Å². The molecule has 4 rings (SSSR count). The van der Waals surface area contributed by atoms with E-state index < -0.39 is 0 Å². The molecule has 2 aromatic carbocycles. The van der Waals surface area contributed by atoms with Gasteiger partial charge in [0.2, 0.25) is 5.95 Å². The molecule has 0 saturated heterocycles. The molecule has 1 amide bonds. The number of amides is 1. The summed E-state index contributed by atoms with van der Waals surface area (Å²) in [6.45, 7) is 0. The molecule has 0 spiro atoms. The summed E-state index contributed by atoms with van der Waals surface area (Å²) in [5.41, 5.74) is 2.65. The van der Waals surface area contributed by atoms with Crippen molar-refractivity contribution in [1.82, 2.24) is 19.9 Å². The van der Waals surface area contributed by atoms with E-state index in [4.69, 9.17) is 4.74 Å². The lowest BCUT2D eigenvalue weighted by molar-refractivity contribution is 0.0958. The number of fused-ring (bicyclic) bond motifs is 1. The number of carbonyl (C=O) groups excluding carboxylic acids is 1. The fraction of sp³-hybridized carbons (Fsp3) is 0.0952. The van der Waals surface area contributed by atoms with Crippen molar-refractivity contribution in [2.24, 2.45) is 7.05 Å². The average molecular weight is 391 g/mol. The molecule has 0 atom stereocenters. The minimum Gasteiger partial charge on any atom is -0.457 e. The van der Waals surface area contributed by atoms with Crippen LogP contribution in [0.2, 0.25) is 0 Å². The first-order valence-electron chi connectivity index (χ1n) is 8.88. The number of halogens is 1. The Balaban J connectivity index is 1.59. The summed E-state index contributed by atoms with van der Waals surface area (Å²) in [6.07, 6.45) is 1.52. The van der Waals surface area contributed by atoms with Gasteiger partial charge in [-0.3, -0.25) is 9.78 Å². The Kier molecular flexibility index (Phi) is 4.82. The van der Waals surface area contributed by atoms with Gasteiger partial charge in [-0.1, -0.05) is 0 Å². The van der Waals surface area contributed by atoms with Gasteiger partial charge in [0, 0.05) is 38.1 Å². The monoisotopic (exact) mass is 391 g/mol. The number of aromatic nitrogens is 3. The highest BCUT2D eigenvalue weighted by Gasteiger charge is 2.11. The van der Waals surface area contributed by atoms with Crippen molar-refractivity contribution in [3.05, 3.63) is 72.3 Å². The van der Waals surface area contributed by atoms with E-state index in [1.54, 1.807) is 31.3 Å². The fourth-order valence-corrected chi connectivity index (χ4v) is 2.88. The molecular formula is C21H18FN5O2. The predicted molar refractivity (Wildman–Crippen MR) is 108 cm³/mol. The van der Waals surface area contributed by atoms with Crippen LogP contribution in [0.3, 0.4) is 0 Å². The van der Waals surface area contributed by atoms with E-state index in [0.717, 1.165) is 16.7 Å². The summed E-state index contributed by atoms with van der Waals surface area (Å²) >= 11 is 0. The molecule has 0 aliphatic heterocycles. The van der Waals surface area contributed by atoms with Gasteiger partial charge in [-0.15, -0.1) is 0 Å². The van der Waals surface area contributed by atoms with Gasteiger partial charge >= 0.3 is 0 Å². The summed E-state index contributed by atoms with van der Waals surface area (Å²) in [5.74, 6) is 1.12. The Morgan fingerprint density at radius 3 is 2.59 bits per heavy atom. The zero-order valence-corrected chi connectivity index (χ0v) is 15.8. The number of anilines is 2. The van der Waals surface area contributed by atoms with E-state index in [1.165, 1.54) is 18.3 Å². The number of hydrogen-bond acceptors (Lipinski definition) is 5. The molecule has 8 heteroatoms. The largest absolute Gasteiger partial charge is 0.457 e. The summed E-state index contributed by atoms with van der Waals surface area (Å²) in [7, 11) is 3.43. The number of nitrogens with zero attached hydrogens (tertiary/aromatic N) is 3. The smallest absolute Gasteiger partial charge is 0.269 e. The standard InChI is InChI=1S/C21H18FN5O2/c1-23-20(28)18-12-16(9-10-24-18)29-15-7-8-19-17(11-15)26-21(27(19)2)25-14-5-3-13(22)4-6-14/h3-12H,1-2H3,(H,23,28)(H,25,26). The second-order valence-corrected chi connectivity index (χ2v) is 6.33. The summed E-state index contributed by atoms with van der Waals surface area (Å²) in [4.78, 5) is 20.3. The predicted octanol–water partition coefficient (Wildman–Crippen LogP) is 4.00. The summed E-state index contributed by atoms with van der Waals surface area (Å²) < 4.78 is 20.9. The molecule has 0 fully saturated rings.